The fraction of sp³-hybridized carbons (Fsp3) is 0.0714. The lowest BCUT2D eigenvalue weighted by Gasteiger charge is -1.94. The number of hydrogen-bond acceptors (Lipinski definition) is 2. The summed E-state index contributed by atoms with van der Waals surface area (Å²) in [7, 11) is 0. The number of rotatable bonds is 2. The molecule has 0 N–H and O–H groups in total. The first-order valence-electron chi connectivity index (χ1n) is 5.47. The molecule has 4 heteroatoms. The van der Waals surface area contributed by atoms with Crippen molar-refractivity contribution in [3.05, 3.63) is 53.8 Å². The minimum Gasteiger partial charge on any atom is -0.236 e. The maximum Gasteiger partial charge on any atom is 0.124 e. The van der Waals surface area contributed by atoms with Gasteiger partial charge in [-0.25, -0.2) is 9.37 Å². The van der Waals surface area contributed by atoms with Gasteiger partial charge in [0.15, 0.2) is 0 Å². The van der Waals surface area contributed by atoms with E-state index >= 15 is 0 Å². The highest BCUT2D eigenvalue weighted by Crippen LogP contribution is 2.31. The molecule has 90 valence electrons. The van der Waals surface area contributed by atoms with Crippen molar-refractivity contribution in [2.24, 2.45) is 0 Å². The van der Waals surface area contributed by atoms with Crippen molar-refractivity contribution in [1.29, 1.82) is 0 Å². The smallest absolute Gasteiger partial charge is 0.124 e. The molecule has 0 saturated carbocycles. The fourth-order valence-corrected chi connectivity index (χ4v) is 3.15. The predicted molar refractivity (Wildman–Crippen MR) is 77.6 cm³/mol. The van der Waals surface area contributed by atoms with Crippen LogP contribution in [-0.2, 0) is 5.33 Å². The first-order valence-corrected chi connectivity index (χ1v) is 7.41. The Balaban J connectivity index is 2.10. The van der Waals surface area contributed by atoms with Crippen LogP contribution in [0.5, 0.6) is 0 Å². The summed E-state index contributed by atoms with van der Waals surface area (Å²) < 4.78 is 14.0. The normalized spacial score (nSPS) is 11.0. The number of hydrogen-bond donors (Lipinski definition) is 0. The molecule has 0 spiro atoms. The number of nitrogens with zero attached hydrogens (tertiary/aromatic N) is 1. The van der Waals surface area contributed by atoms with E-state index in [1.54, 1.807) is 23.5 Å². The first-order chi connectivity index (χ1) is 8.76. The Kier molecular flexibility index (Phi) is 3.14. The molecular formula is C14H9BrFNS. The lowest BCUT2D eigenvalue weighted by molar-refractivity contribution is 0.628. The molecule has 2 aromatic carbocycles. The van der Waals surface area contributed by atoms with Crippen LogP contribution in [0.15, 0.2) is 42.5 Å². The van der Waals surface area contributed by atoms with Gasteiger partial charge in [-0.1, -0.05) is 22.0 Å². The number of benzene rings is 2. The van der Waals surface area contributed by atoms with Crippen molar-refractivity contribution < 1.29 is 4.39 Å². The highest BCUT2D eigenvalue weighted by atomic mass is 79.9. The third kappa shape index (κ3) is 2.18. The van der Waals surface area contributed by atoms with E-state index in [0.29, 0.717) is 0 Å². The third-order valence-electron chi connectivity index (χ3n) is 2.70. The van der Waals surface area contributed by atoms with Gasteiger partial charge in [0.25, 0.3) is 0 Å². The van der Waals surface area contributed by atoms with Crippen molar-refractivity contribution in [2.75, 3.05) is 0 Å². The van der Waals surface area contributed by atoms with Crippen molar-refractivity contribution in [3.63, 3.8) is 0 Å². The molecule has 0 bridgehead atoms. The Hall–Kier alpha value is -1.26. The van der Waals surface area contributed by atoms with Gasteiger partial charge in [0, 0.05) is 10.9 Å². The molecule has 0 aliphatic heterocycles. The van der Waals surface area contributed by atoms with Crippen molar-refractivity contribution >= 4 is 37.5 Å². The molecule has 0 aliphatic carbocycles. The monoisotopic (exact) mass is 321 g/mol. The van der Waals surface area contributed by atoms with Crippen molar-refractivity contribution in [3.8, 4) is 10.6 Å². The minimum absolute atomic E-state index is 0.221. The molecule has 1 nitrogen and oxygen atoms in total. The Labute approximate surface area is 116 Å². The maximum absolute atomic E-state index is 12.9. The van der Waals surface area contributed by atoms with Crippen LogP contribution >= 0.6 is 27.3 Å². The Morgan fingerprint density at radius 2 is 1.89 bits per heavy atom. The number of alkyl halides is 1. The van der Waals surface area contributed by atoms with Crippen LogP contribution in [0.2, 0.25) is 0 Å². The zero-order valence-electron chi connectivity index (χ0n) is 9.36. The Morgan fingerprint density at radius 3 is 2.61 bits per heavy atom. The topological polar surface area (TPSA) is 12.9 Å². The van der Waals surface area contributed by atoms with Crippen LogP contribution in [0, 0.1) is 5.82 Å². The number of aromatic nitrogens is 1. The fourth-order valence-electron chi connectivity index (χ4n) is 1.77. The second-order valence-electron chi connectivity index (χ2n) is 3.96. The average molecular weight is 322 g/mol. The molecule has 0 amide bonds. The highest BCUT2D eigenvalue weighted by Gasteiger charge is 2.06. The van der Waals surface area contributed by atoms with Crippen LogP contribution in [0.1, 0.15) is 5.56 Å². The molecule has 0 atom stereocenters. The van der Waals surface area contributed by atoms with E-state index in [4.69, 9.17) is 0 Å². The van der Waals surface area contributed by atoms with Gasteiger partial charge in [-0.3, -0.25) is 0 Å². The zero-order chi connectivity index (χ0) is 12.5. The molecule has 3 aromatic rings. The average Bonchev–Trinajstić information content (AvgIpc) is 2.82. The van der Waals surface area contributed by atoms with Crippen molar-refractivity contribution in [1.82, 2.24) is 4.98 Å². The summed E-state index contributed by atoms with van der Waals surface area (Å²) in [5.41, 5.74) is 3.18. The van der Waals surface area contributed by atoms with Gasteiger partial charge >= 0.3 is 0 Å². The van der Waals surface area contributed by atoms with Crippen LogP contribution in [0.4, 0.5) is 4.39 Å². The van der Waals surface area contributed by atoms with Gasteiger partial charge in [-0.05, 0) is 42.0 Å². The van der Waals surface area contributed by atoms with Gasteiger partial charge in [0.05, 0.1) is 10.2 Å². The van der Waals surface area contributed by atoms with Crippen LogP contribution in [0.25, 0.3) is 20.8 Å². The van der Waals surface area contributed by atoms with Crippen molar-refractivity contribution in [2.45, 2.75) is 5.33 Å². The SMILES string of the molecule is Fc1ccc(-c2nc3ccc(CBr)cc3s2)cc1. The molecule has 1 heterocycles. The van der Waals surface area contributed by atoms with Gasteiger partial charge in [-0.15, -0.1) is 11.3 Å². The zero-order valence-corrected chi connectivity index (χ0v) is 11.8. The van der Waals surface area contributed by atoms with Gasteiger partial charge in [0.2, 0.25) is 0 Å². The lowest BCUT2D eigenvalue weighted by atomic mass is 10.2. The van der Waals surface area contributed by atoms with E-state index in [9.17, 15) is 4.39 Å². The van der Waals surface area contributed by atoms with Crippen LogP contribution < -0.4 is 0 Å². The summed E-state index contributed by atoms with van der Waals surface area (Å²) in [6.07, 6.45) is 0. The molecule has 0 aliphatic rings. The van der Waals surface area contributed by atoms with Gasteiger partial charge in [-0.2, -0.15) is 0 Å². The molecule has 0 unspecified atom stereocenters. The molecule has 0 radical (unpaired) electrons. The summed E-state index contributed by atoms with van der Waals surface area (Å²) in [6, 6.07) is 12.7. The summed E-state index contributed by atoms with van der Waals surface area (Å²) in [5.74, 6) is -0.221. The second kappa shape index (κ2) is 4.78. The molecule has 1 aromatic heterocycles. The third-order valence-corrected chi connectivity index (χ3v) is 4.41. The van der Waals surface area contributed by atoms with E-state index in [2.05, 4.69) is 33.0 Å². The Morgan fingerprint density at radius 1 is 1.11 bits per heavy atom. The molecule has 18 heavy (non-hydrogen) atoms. The molecule has 0 saturated heterocycles. The van der Waals surface area contributed by atoms with Gasteiger partial charge < -0.3 is 0 Å². The first kappa shape index (κ1) is 11.8. The summed E-state index contributed by atoms with van der Waals surface area (Å²) in [4.78, 5) is 4.57. The molecular weight excluding hydrogens is 313 g/mol. The van der Waals surface area contributed by atoms with E-state index in [0.717, 1.165) is 26.1 Å². The van der Waals surface area contributed by atoms with Crippen LogP contribution in [-0.4, -0.2) is 4.98 Å². The van der Waals surface area contributed by atoms with Crippen LogP contribution in [0.3, 0.4) is 0 Å². The molecule has 3 rings (SSSR count). The second-order valence-corrected chi connectivity index (χ2v) is 5.55. The van der Waals surface area contributed by atoms with Gasteiger partial charge in [0.1, 0.15) is 10.8 Å². The number of fused-ring (bicyclic) bond motifs is 1. The van der Waals surface area contributed by atoms with E-state index in [1.807, 2.05) is 6.07 Å². The number of halogens is 2. The van der Waals surface area contributed by atoms with E-state index in [-0.39, 0.29) is 5.82 Å². The molecule has 0 fully saturated rings. The summed E-state index contributed by atoms with van der Waals surface area (Å²) >= 11 is 5.08. The summed E-state index contributed by atoms with van der Waals surface area (Å²) in [5, 5.41) is 1.77. The largest absolute Gasteiger partial charge is 0.236 e. The highest BCUT2D eigenvalue weighted by molar-refractivity contribution is 9.08. The maximum atomic E-state index is 12.9. The lowest BCUT2D eigenvalue weighted by Crippen LogP contribution is -1.77. The quantitative estimate of drug-likeness (QED) is 0.605. The predicted octanol–water partition coefficient (Wildman–Crippen LogP) is 5.00. The minimum atomic E-state index is -0.221. The van der Waals surface area contributed by atoms with E-state index < -0.39 is 0 Å². The standard InChI is InChI=1S/C14H9BrFNS/c15-8-9-1-6-12-13(7-9)18-14(17-12)10-2-4-11(16)5-3-10/h1-7H,8H2. The Bertz CT molecular complexity index is 691. The summed E-state index contributed by atoms with van der Waals surface area (Å²) in [6.45, 7) is 0. The van der Waals surface area contributed by atoms with E-state index in [1.165, 1.54) is 17.7 Å². The number of thiazole rings is 1.